The number of rotatable bonds is 6. The van der Waals surface area contributed by atoms with Crippen molar-refractivity contribution in [2.24, 2.45) is 29.1 Å². The second kappa shape index (κ2) is 6.76. The molecule has 0 aromatic heterocycles. The highest BCUT2D eigenvalue weighted by Crippen LogP contribution is 2.50. The van der Waals surface area contributed by atoms with Crippen molar-refractivity contribution in [3.63, 3.8) is 0 Å². The number of carbonyl (C=O) groups excluding carboxylic acids is 1. The van der Waals surface area contributed by atoms with Crippen LogP contribution in [-0.4, -0.2) is 12.5 Å². The summed E-state index contributed by atoms with van der Waals surface area (Å²) in [6.07, 6.45) is 18.8. The normalized spacial score (nSPS) is 34.1. The molecule has 4 fully saturated rings. The molecule has 4 rings (SSSR count). The molecule has 2 unspecified atom stereocenters. The fraction of sp³-hybridized carbons (Fsp3) is 0.952. The highest BCUT2D eigenvalue weighted by molar-refractivity contribution is 5.83. The quantitative estimate of drug-likeness (QED) is 0.728. The third-order valence-corrected chi connectivity index (χ3v) is 7.70. The van der Waals surface area contributed by atoms with E-state index in [-0.39, 0.29) is 5.41 Å². The molecule has 23 heavy (non-hydrogen) atoms. The first-order chi connectivity index (χ1) is 11.3. The maximum absolute atomic E-state index is 13.0. The summed E-state index contributed by atoms with van der Waals surface area (Å²) in [4.78, 5) is 13.0. The van der Waals surface area contributed by atoms with Crippen LogP contribution in [0.2, 0.25) is 0 Å². The lowest BCUT2D eigenvalue weighted by molar-refractivity contribution is -0.132. The Morgan fingerprint density at radius 3 is 2.26 bits per heavy atom. The monoisotopic (exact) mass is 317 g/mol. The van der Waals surface area contributed by atoms with E-state index >= 15 is 0 Å². The van der Waals surface area contributed by atoms with Crippen molar-refractivity contribution in [1.82, 2.24) is 5.32 Å². The number of amides is 1. The maximum atomic E-state index is 13.0. The average Bonchev–Trinajstić information content (AvgIpc) is 3.08. The predicted molar refractivity (Wildman–Crippen MR) is 94.0 cm³/mol. The molecule has 0 spiro atoms. The third-order valence-electron chi connectivity index (χ3n) is 7.70. The zero-order valence-corrected chi connectivity index (χ0v) is 14.8. The first kappa shape index (κ1) is 16.0. The Labute approximate surface area is 142 Å². The van der Waals surface area contributed by atoms with Gasteiger partial charge in [-0.3, -0.25) is 4.79 Å². The van der Waals surface area contributed by atoms with E-state index < -0.39 is 0 Å². The van der Waals surface area contributed by atoms with Gasteiger partial charge in [0, 0.05) is 12.0 Å². The molecular formula is C21H35NO. The van der Waals surface area contributed by atoms with Gasteiger partial charge in [-0.25, -0.2) is 0 Å². The molecule has 0 heterocycles. The first-order valence-corrected chi connectivity index (χ1v) is 10.6. The van der Waals surface area contributed by atoms with Crippen LogP contribution in [0.4, 0.5) is 0 Å². The van der Waals surface area contributed by atoms with Gasteiger partial charge >= 0.3 is 0 Å². The summed E-state index contributed by atoms with van der Waals surface area (Å²) in [6.45, 7) is 0.979. The van der Waals surface area contributed by atoms with Crippen molar-refractivity contribution in [2.45, 2.75) is 89.9 Å². The molecule has 4 aliphatic rings. The van der Waals surface area contributed by atoms with Gasteiger partial charge in [0.25, 0.3) is 0 Å². The lowest BCUT2D eigenvalue weighted by Crippen LogP contribution is -2.41. The van der Waals surface area contributed by atoms with Crippen molar-refractivity contribution in [2.75, 3.05) is 6.54 Å². The maximum Gasteiger partial charge on any atom is 0.226 e. The lowest BCUT2D eigenvalue weighted by atomic mass is 9.76. The molecule has 2 nitrogen and oxygen atoms in total. The van der Waals surface area contributed by atoms with E-state index in [0.29, 0.717) is 5.91 Å². The lowest BCUT2D eigenvalue weighted by Gasteiger charge is -2.30. The number of carbonyl (C=O) groups is 1. The van der Waals surface area contributed by atoms with Crippen LogP contribution in [0, 0.1) is 29.1 Å². The first-order valence-electron chi connectivity index (χ1n) is 10.6. The Balaban J connectivity index is 1.28. The smallest absolute Gasteiger partial charge is 0.226 e. The average molecular weight is 318 g/mol. The largest absolute Gasteiger partial charge is 0.355 e. The van der Waals surface area contributed by atoms with Crippen molar-refractivity contribution < 1.29 is 4.79 Å². The van der Waals surface area contributed by atoms with Crippen LogP contribution in [-0.2, 0) is 4.79 Å². The van der Waals surface area contributed by atoms with Gasteiger partial charge in [0.15, 0.2) is 0 Å². The zero-order chi connectivity index (χ0) is 15.7. The van der Waals surface area contributed by atoms with Crippen molar-refractivity contribution in [1.29, 1.82) is 0 Å². The van der Waals surface area contributed by atoms with E-state index in [9.17, 15) is 4.79 Å². The van der Waals surface area contributed by atoms with Gasteiger partial charge in [0.2, 0.25) is 5.91 Å². The molecule has 1 N–H and O–H groups in total. The molecule has 1 amide bonds. The van der Waals surface area contributed by atoms with Gasteiger partial charge in [0.1, 0.15) is 0 Å². The summed E-state index contributed by atoms with van der Waals surface area (Å²) in [5.41, 5.74) is 0.0206. The second-order valence-electron chi connectivity index (χ2n) is 9.26. The summed E-state index contributed by atoms with van der Waals surface area (Å²) in [5.74, 6) is 4.03. The molecule has 4 saturated carbocycles. The van der Waals surface area contributed by atoms with Gasteiger partial charge < -0.3 is 5.32 Å². The van der Waals surface area contributed by atoms with E-state index in [2.05, 4.69) is 5.32 Å². The van der Waals surface area contributed by atoms with Gasteiger partial charge in [-0.15, -0.1) is 0 Å². The fourth-order valence-electron chi connectivity index (χ4n) is 6.22. The van der Waals surface area contributed by atoms with Crippen LogP contribution >= 0.6 is 0 Å². The zero-order valence-electron chi connectivity index (χ0n) is 14.8. The van der Waals surface area contributed by atoms with Gasteiger partial charge in [-0.1, -0.05) is 64.2 Å². The molecule has 4 aliphatic carbocycles. The summed E-state index contributed by atoms with van der Waals surface area (Å²) >= 11 is 0. The minimum absolute atomic E-state index is 0.0206. The Morgan fingerprint density at radius 2 is 1.57 bits per heavy atom. The Hall–Kier alpha value is -0.530. The van der Waals surface area contributed by atoms with Gasteiger partial charge in [0.05, 0.1) is 0 Å². The minimum Gasteiger partial charge on any atom is -0.355 e. The molecule has 0 aromatic carbocycles. The van der Waals surface area contributed by atoms with E-state index in [1.165, 1.54) is 77.0 Å². The highest BCUT2D eigenvalue weighted by atomic mass is 16.2. The van der Waals surface area contributed by atoms with E-state index in [0.717, 1.165) is 43.1 Å². The van der Waals surface area contributed by atoms with Crippen molar-refractivity contribution in [3.8, 4) is 0 Å². The Kier molecular flexibility index (Phi) is 4.70. The standard InChI is InChI=1S/C21H35NO/c23-20(22-15-18-13-19(18)17-9-3-4-10-17)21(11-5-6-12-21)14-16-7-1-2-8-16/h16-19H,1-15H2,(H,22,23). The minimum atomic E-state index is 0.0206. The number of nitrogens with one attached hydrogen (secondary N) is 1. The third kappa shape index (κ3) is 3.46. The molecule has 0 saturated heterocycles. The summed E-state index contributed by atoms with van der Waals surface area (Å²) in [7, 11) is 0. The topological polar surface area (TPSA) is 29.1 Å². The van der Waals surface area contributed by atoms with Crippen LogP contribution in [0.3, 0.4) is 0 Å². The fourth-order valence-corrected chi connectivity index (χ4v) is 6.22. The van der Waals surface area contributed by atoms with E-state index in [1.54, 1.807) is 0 Å². The van der Waals surface area contributed by atoms with Crippen molar-refractivity contribution >= 4 is 5.91 Å². The van der Waals surface area contributed by atoms with Crippen molar-refractivity contribution in [3.05, 3.63) is 0 Å². The molecule has 0 radical (unpaired) electrons. The molecule has 0 aromatic rings. The molecule has 0 aliphatic heterocycles. The molecule has 130 valence electrons. The highest BCUT2D eigenvalue weighted by Gasteiger charge is 2.46. The molecule has 2 atom stereocenters. The molecule has 0 bridgehead atoms. The van der Waals surface area contributed by atoms with Crippen LogP contribution < -0.4 is 5.32 Å². The van der Waals surface area contributed by atoms with E-state index in [1.807, 2.05) is 0 Å². The molecular weight excluding hydrogens is 282 g/mol. The molecule has 2 heteroatoms. The van der Waals surface area contributed by atoms with Gasteiger partial charge in [-0.05, 0) is 49.4 Å². The number of hydrogen-bond donors (Lipinski definition) is 1. The van der Waals surface area contributed by atoms with Crippen LogP contribution in [0.25, 0.3) is 0 Å². The Morgan fingerprint density at radius 1 is 0.913 bits per heavy atom. The Bertz CT molecular complexity index is 414. The number of hydrogen-bond acceptors (Lipinski definition) is 1. The predicted octanol–water partition coefficient (Wildman–Crippen LogP) is 5.07. The van der Waals surface area contributed by atoms with Crippen LogP contribution in [0.5, 0.6) is 0 Å². The SMILES string of the molecule is O=C(NCC1CC1C1CCCC1)C1(CC2CCCC2)CCCC1. The summed E-state index contributed by atoms with van der Waals surface area (Å²) in [6, 6.07) is 0. The van der Waals surface area contributed by atoms with E-state index in [4.69, 9.17) is 0 Å². The second-order valence-corrected chi connectivity index (χ2v) is 9.26. The summed E-state index contributed by atoms with van der Waals surface area (Å²) in [5, 5.41) is 3.42. The summed E-state index contributed by atoms with van der Waals surface area (Å²) < 4.78 is 0. The van der Waals surface area contributed by atoms with Crippen LogP contribution in [0.15, 0.2) is 0 Å². The van der Waals surface area contributed by atoms with Gasteiger partial charge in [-0.2, -0.15) is 0 Å². The van der Waals surface area contributed by atoms with Crippen LogP contribution in [0.1, 0.15) is 89.9 Å².